The van der Waals surface area contributed by atoms with E-state index in [1.807, 2.05) is 24.3 Å². The summed E-state index contributed by atoms with van der Waals surface area (Å²) < 4.78 is 0. The maximum atomic E-state index is 11.1. The summed E-state index contributed by atoms with van der Waals surface area (Å²) in [5.74, 6) is -0.724. The van der Waals surface area contributed by atoms with E-state index in [2.05, 4.69) is 4.90 Å². The topological polar surface area (TPSA) is 40.5 Å². The van der Waals surface area contributed by atoms with E-state index in [1.165, 1.54) is 5.56 Å². The van der Waals surface area contributed by atoms with Gasteiger partial charge in [-0.15, -0.1) is 0 Å². The van der Waals surface area contributed by atoms with Crippen molar-refractivity contribution in [3.05, 3.63) is 34.9 Å². The van der Waals surface area contributed by atoms with Crippen LogP contribution in [0.5, 0.6) is 0 Å². The fraction of sp³-hybridized carbons (Fsp3) is 0.533. The lowest BCUT2D eigenvalue weighted by Crippen LogP contribution is -2.41. The Bertz CT molecular complexity index is 428. The van der Waals surface area contributed by atoms with Gasteiger partial charge in [0.2, 0.25) is 0 Å². The normalized spacial score (nSPS) is 16.6. The van der Waals surface area contributed by atoms with Gasteiger partial charge in [0.05, 0.1) is 0 Å². The van der Waals surface area contributed by atoms with E-state index >= 15 is 0 Å². The fourth-order valence-corrected chi connectivity index (χ4v) is 2.48. The molecule has 0 aliphatic heterocycles. The van der Waals surface area contributed by atoms with Crippen molar-refractivity contribution in [2.45, 2.75) is 44.7 Å². The van der Waals surface area contributed by atoms with Crippen molar-refractivity contribution < 1.29 is 9.90 Å². The maximum Gasteiger partial charge on any atom is 0.320 e. The Morgan fingerprint density at radius 1 is 1.42 bits per heavy atom. The number of benzene rings is 1. The van der Waals surface area contributed by atoms with Gasteiger partial charge in [-0.3, -0.25) is 9.69 Å². The third-order valence-electron chi connectivity index (χ3n) is 3.67. The van der Waals surface area contributed by atoms with Gasteiger partial charge >= 0.3 is 5.97 Å². The van der Waals surface area contributed by atoms with Gasteiger partial charge in [0, 0.05) is 11.1 Å². The van der Waals surface area contributed by atoms with Crippen LogP contribution in [0.3, 0.4) is 0 Å². The fourth-order valence-electron chi connectivity index (χ4n) is 2.36. The van der Waals surface area contributed by atoms with Crippen LogP contribution in [0.2, 0.25) is 5.02 Å². The zero-order chi connectivity index (χ0) is 13.8. The van der Waals surface area contributed by atoms with Gasteiger partial charge in [0.1, 0.15) is 6.04 Å². The van der Waals surface area contributed by atoms with Crippen LogP contribution in [0.15, 0.2) is 24.3 Å². The van der Waals surface area contributed by atoms with Crippen molar-refractivity contribution in [1.29, 1.82) is 0 Å². The van der Waals surface area contributed by atoms with Gasteiger partial charge in [-0.25, -0.2) is 0 Å². The van der Waals surface area contributed by atoms with Crippen molar-refractivity contribution >= 4 is 17.6 Å². The summed E-state index contributed by atoms with van der Waals surface area (Å²) in [6.07, 6.45) is 4.22. The Balaban J connectivity index is 1.82. The predicted octanol–water partition coefficient (Wildman–Crippen LogP) is 3.21. The third-order valence-corrected chi connectivity index (χ3v) is 3.92. The van der Waals surface area contributed by atoms with Crippen LogP contribution in [0.1, 0.15) is 31.7 Å². The zero-order valence-corrected chi connectivity index (χ0v) is 11.9. The molecule has 1 aliphatic rings. The molecule has 0 radical (unpaired) electrons. The molecule has 104 valence electrons. The average Bonchev–Trinajstić information content (AvgIpc) is 3.20. The van der Waals surface area contributed by atoms with E-state index in [4.69, 9.17) is 16.7 Å². The first kappa shape index (κ1) is 14.4. The Kier molecular flexibility index (Phi) is 4.83. The number of hydrogen-bond donors (Lipinski definition) is 1. The quantitative estimate of drug-likeness (QED) is 0.834. The molecule has 0 heterocycles. The first-order chi connectivity index (χ1) is 9.08. The standard InChI is InChI=1S/C15H20ClNO2/c1-11(15(18)19)17(14-8-9-14)10-2-3-12-4-6-13(16)7-5-12/h4-7,11,14H,2-3,8-10H2,1H3,(H,18,19). The van der Waals surface area contributed by atoms with Crippen molar-refractivity contribution in [3.8, 4) is 0 Å². The van der Waals surface area contributed by atoms with Crippen LogP contribution >= 0.6 is 11.6 Å². The van der Waals surface area contributed by atoms with E-state index in [0.717, 1.165) is 37.3 Å². The minimum atomic E-state index is -0.724. The summed E-state index contributed by atoms with van der Waals surface area (Å²) in [5.41, 5.74) is 1.25. The number of aryl methyl sites for hydroxylation is 1. The number of carboxylic acid groups (broad SMARTS) is 1. The Morgan fingerprint density at radius 3 is 2.58 bits per heavy atom. The molecular formula is C15H20ClNO2. The highest BCUT2D eigenvalue weighted by Crippen LogP contribution is 2.29. The summed E-state index contributed by atoms with van der Waals surface area (Å²) in [5, 5.41) is 9.87. The molecule has 1 aliphatic carbocycles. The Labute approximate surface area is 119 Å². The van der Waals surface area contributed by atoms with E-state index in [0.29, 0.717) is 6.04 Å². The lowest BCUT2D eigenvalue weighted by atomic mass is 10.1. The molecule has 3 nitrogen and oxygen atoms in total. The lowest BCUT2D eigenvalue weighted by Gasteiger charge is -2.26. The Hall–Kier alpha value is -1.06. The van der Waals surface area contributed by atoms with E-state index in [-0.39, 0.29) is 6.04 Å². The molecule has 4 heteroatoms. The lowest BCUT2D eigenvalue weighted by molar-refractivity contribution is -0.142. The molecule has 1 aromatic rings. The molecule has 0 amide bonds. The van der Waals surface area contributed by atoms with Gasteiger partial charge in [0.25, 0.3) is 0 Å². The van der Waals surface area contributed by atoms with Crippen molar-refractivity contribution in [1.82, 2.24) is 4.90 Å². The number of hydrogen-bond acceptors (Lipinski definition) is 2. The highest BCUT2D eigenvalue weighted by atomic mass is 35.5. The van der Waals surface area contributed by atoms with Crippen LogP contribution in [0.25, 0.3) is 0 Å². The molecule has 1 saturated carbocycles. The first-order valence-corrected chi connectivity index (χ1v) is 7.18. The second kappa shape index (κ2) is 6.40. The number of aliphatic carboxylic acids is 1. The van der Waals surface area contributed by atoms with Crippen LogP contribution in [0, 0.1) is 0 Å². The van der Waals surface area contributed by atoms with Gasteiger partial charge in [-0.1, -0.05) is 23.7 Å². The highest BCUT2D eigenvalue weighted by molar-refractivity contribution is 6.30. The molecule has 2 rings (SSSR count). The highest BCUT2D eigenvalue weighted by Gasteiger charge is 2.34. The summed E-state index contributed by atoms with van der Waals surface area (Å²) in [6, 6.07) is 7.97. The van der Waals surface area contributed by atoms with Crippen molar-refractivity contribution in [2.24, 2.45) is 0 Å². The monoisotopic (exact) mass is 281 g/mol. The number of nitrogens with zero attached hydrogens (tertiary/aromatic N) is 1. The largest absolute Gasteiger partial charge is 0.480 e. The first-order valence-electron chi connectivity index (χ1n) is 6.81. The van der Waals surface area contributed by atoms with Crippen molar-refractivity contribution in [3.63, 3.8) is 0 Å². The second-order valence-corrected chi connectivity index (χ2v) is 5.65. The molecule has 19 heavy (non-hydrogen) atoms. The summed E-state index contributed by atoms with van der Waals surface area (Å²) in [7, 11) is 0. The van der Waals surface area contributed by atoms with Crippen LogP contribution in [0.4, 0.5) is 0 Å². The molecule has 1 atom stereocenters. The minimum absolute atomic E-state index is 0.377. The molecule has 1 aromatic carbocycles. The van der Waals surface area contributed by atoms with Crippen LogP contribution in [-0.2, 0) is 11.2 Å². The molecule has 1 N–H and O–H groups in total. The van der Waals surface area contributed by atoms with E-state index < -0.39 is 5.97 Å². The summed E-state index contributed by atoms with van der Waals surface area (Å²) >= 11 is 5.85. The number of rotatable bonds is 7. The van der Waals surface area contributed by atoms with E-state index in [1.54, 1.807) is 6.92 Å². The molecule has 1 unspecified atom stereocenters. The summed E-state index contributed by atoms with van der Waals surface area (Å²) in [6.45, 7) is 2.63. The van der Waals surface area contributed by atoms with E-state index in [9.17, 15) is 4.79 Å². The smallest absolute Gasteiger partial charge is 0.320 e. The molecular weight excluding hydrogens is 262 g/mol. The summed E-state index contributed by atoms with van der Waals surface area (Å²) in [4.78, 5) is 13.2. The number of carboxylic acids is 1. The van der Waals surface area contributed by atoms with Crippen LogP contribution < -0.4 is 0 Å². The molecule has 0 aromatic heterocycles. The molecule has 0 bridgehead atoms. The SMILES string of the molecule is CC(C(=O)O)N(CCCc1ccc(Cl)cc1)C1CC1. The second-order valence-electron chi connectivity index (χ2n) is 5.21. The third kappa shape index (κ3) is 4.22. The van der Waals surface area contributed by atoms with Crippen molar-refractivity contribution in [2.75, 3.05) is 6.54 Å². The van der Waals surface area contributed by atoms with Gasteiger partial charge < -0.3 is 5.11 Å². The number of halogens is 1. The zero-order valence-electron chi connectivity index (χ0n) is 11.2. The van der Waals surface area contributed by atoms with Crippen LogP contribution in [-0.4, -0.2) is 34.6 Å². The van der Waals surface area contributed by atoms with Gasteiger partial charge in [-0.05, 0) is 56.8 Å². The molecule has 0 spiro atoms. The number of carbonyl (C=O) groups is 1. The predicted molar refractivity (Wildman–Crippen MR) is 76.6 cm³/mol. The maximum absolute atomic E-state index is 11.1. The van der Waals surface area contributed by atoms with Gasteiger partial charge in [0.15, 0.2) is 0 Å². The molecule has 0 saturated heterocycles. The molecule has 1 fully saturated rings. The average molecular weight is 282 g/mol. The van der Waals surface area contributed by atoms with Gasteiger partial charge in [-0.2, -0.15) is 0 Å². The minimum Gasteiger partial charge on any atom is -0.480 e. The Morgan fingerprint density at radius 2 is 2.05 bits per heavy atom.